The minimum atomic E-state index is -0.518. The van der Waals surface area contributed by atoms with Crippen molar-refractivity contribution in [3.63, 3.8) is 0 Å². The molecule has 0 bridgehead atoms. The van der Waals surface area contributed by atoms with Crippen LogP contribution in [0.4, 0.5) is 0 Å². The Morgan fingerprint density at radius 3 is 2.28 bits per heavy atom. The van der Waals surface area contributed by atoms with Crippen molar-refractivity contribution in [2.45, 2.75) is 0 Å². The number of carbonyl (C=O) groups is 1. The van der Waals surface area contributed by atoms with Gasteiger partial charge in [-0.15, -0.1) is 0 Å². The second-order valence-electron chi connectivity index (χ2n) is 3.45. The van der Waals surface area contributed by atoms with Crippen LogP contribution < -0.4 is 4.74 Å². The van der Waals surface area contributed by atoms with Crippen molar-refractivity contribution in [2.75, 3.05) is 0 Å². The highest BCUT2D eigenvalue weighted by Crippen LogP contribution is 2.31. The van der Waals surface area contributed by atoms with Gasteiger partial charge >= 0.3 is 5.97 Å². The third kappa shape index (κ3) is 2.96. The Kier molecular flexibility index (Phi) is 4.12. The van der Waals surface area contributed by atoms with Gasteiger partial charge in [-0.25, -0.2) is 4.79 Å². The van der Waals surface area contributed by atoms with Crippen molar-refractivity contribution in [1.82, 2.24) is 0 Å². The van der Waals surface area contributed by atoms with Crippen LogP contribution in [0, 0.1) is 0 Å². The first kappa shape index (κ1) is 13.2. The van der Waals surface area contributed by atoms with Gasteiger partial charge in [0.05, 0.1) is 10.6 Å². The predicted molar refractivity (Wildman–Crippen MR) is 72.9 cm³/mol. The summed E-state index contributed by atoms with van der Waals surface area (Å²) in [5.74, 6) is -0.292. The first-order valence-corrected chi connectivity index (χ1v) is 6.13. The van der Waals surface area contributed by atoms with E-state index in [2.05, 4.69) is 0 Å². The number of hydrogen-bond acceptors (Lipinski definition) is 2. The maximum atomic E-state index is 11.8. The van der Waals surface area contributed by atoms with Crippen molar-refractivity contribution < 1.29 is 9.53 Å². The summed E-state index contributed by atoms with van der Waals surface area (Å²) in [6, 6.07) is 11.2. The number of halogens is 3. The molecule has 2 aromatic rings. The molecular formula is C13H7Cl3O2. The third-order valence-electron chi connectivity index (χ3n) is 2.20. The van der Waals surface area contributed by atoms with Gasteiger partial charge in [0.15, 0.2) is 5.75 Å². The Balaban J connectivity index is 2.21. The third-order valence-corrected chi connectivity index (χ3v) is 3.25. The van der Waals surface area contributed by atoms with Gasteiger partial charge in [0, 0.05) is 5.02 Å². The van der Waals surface area contributed by atoms with Crippen LogP contribution in [0.1, 0.15) is 10.4 Å². The summed E-state index contributed by atoms with van der Waals surface area (Å²) in [5.41, 5.74) is 0.385. The van der Waals surface area contributed by atoms with Crippen LogP contribution in [-0.2, 0) is 0 Å². The number of ether oxygens (including phenoxy) is 1. The van der Waals surface area contributed by atoms with Crippen LogP contribution in [0.25, 0.3) is 0 Å². The molecule has 0 saturated heterocycles. The summed E-state index contributed by atoms with van der Waals surface area (Å²) in [7, 11) is 0. The van der Waals surface area contributed by atoms with Crippen molar-refractivity contribution in [1.29, 1.82) is 0 Å². The van der Waals surface area contributed by atoms with Gasteiger partial charge in [-0.3, -0.25) is 0 Å². The first-order chi connectivity index (χ1) is 8.58. The Morgan fingerprint density at radius 1 is 0.944 bits per heavy atom. The molecule has 0 atom stereocenters. The van der Waals surface area contributed by atoms with Crippen LogP contribution in [0.15, 0.2) is 42.5 Å². The van der Waals surface area contributed by atoms with E-state index in [1.54, 1.807) is 42.5 Å². The lowest BCUT2D eigenvalue weighted by Gasteiger charge is -2.07. The average Bonchev–Trinajstić information content (AvgIpc) is 2.36. The molecule has 2 aromatic carbocycles. The lowest BCUT2D eigenvalue weighted by Crippen LogP contribution is -2.08. The fraction of sp³-hybridized carbons (Fsp3) is 0. The molecule has 0 aliphatic carbocycles. The van der Waals surface area contributed by atoms with Crippen LogP contribution in [-0.4, -0.2) is 5.97 Å². The molecule has 0 saturated carbocycles. The fourth-order valence-electron chi connectivity index (χ4n) is 1.31. The molecule has 0 radical (unpaired) electrons. The molecule has 0 amide bonds. The number of hydrogen-bond donors (Lipinski definition) is 0. The zero-order chi connectivity index (χ0) is 13.1. The molecular weight excluding hydrogens is 294 g/mol. The molecule has 0 N–H and O–H groups in total. The van der Waals surface area contributed by atoms with E-state index in [0.717, 1.165) is 0 Å². The quantitative estimate of drug-likeness (QED) is 0.584. The smallest absolute Gasteiger partial charge is 0.343 e. The minimum Gasteiger partial charge on any atom is -0.421 e. The van der Waals surface area contributed by atoms with Gasteiger partial charge in [0.1, 0.15) is 5.02 Å². The van der Waals surface area contributed by atoms with E-state index in [9.17, 15) is 4.79 Å². The van der Waals surface area contributed by atoms with Crippen LogP contribution in [0.5, 0.6) is 5.75 Å². The minimum absolute atomic E-state index is 0.210. The van der Waals surface area contributed by atoms with Crippen LogP contribution in [0.2, 0.25) is 15.1 Å². The molecule has 0 fully saturated rings. The van der Waals surface area contributed by atoms with Crippen molar-refractivity contribution in [3.8, 4) is 5.75 Å². The van der Waals surface area contributed by atoms with E-state index in [1.807, 2.05) is 0 Å². The second-order valence-corrected chi connectivity index (χ2v) is 4.67. The van der Waals surface area contributed by atoms with E-state index in [1.165, 1.54) is 0 Å². The van der Waals surface area contributed by atoms with Gasteiger partial charge in [0.25, 0.3) is 0 Å². The lowest BCUT2D eigenvalue weighted by molar-refractivity contribution is 0.0735. The molecule has 0 heterocycles. The summed E-state index contributed by atoms with van der Waals surface area (Å²) in [6.07, 6.45) is 0. The van der Waals surface area contributed by atoms with E-state index in [-0.39, 0.29) is 10.8 Å². The SMILES string of the molecule is O=C(Oc1cccc(Cl)c1Cl)c1ccc(Cl)cc1. The lowest BCUT2D eigenvalue weighted by atomic mass is 10.2. The van der Waals surface area contributed by atoms with Gasteiger partial charge in [0.2, 0.25) is 0 Å². The molecule has 92 valence electrons. The highest BCUT2D eigenvalue weighted by atomic mass is 35.5. The van der Waals surface area contributed by atoms with Crippen molar-refractivity contribution >= 4 is 40.8 Å². The van der Waals surface area contributed by atoms with E-state index < -0.39 is 5.97 Å². The Bertz CT molecular complexity index is 579. The van der Waals surface area contributed by atoms with Gasteiger partial charge < -0.3 is 4.74 Å². The Labute approximate surface area is 119 Å². The summed E-state index contributed by atoms with van der Waals surface area (Å²) < 4.78 is 5.15. The molecule has 2 nitrogen and oxygen atoms in total. The maximum Gasteiger partial charge on any atom is 0.343 e. The summed E-state index contributed by atoms with van der Waals surface area (Å²) in [6.45, 7) is 0. The van der Waals surface area contributed by atoms with E-state index in [0.29, 0.717) is 15.6 Å². The zero-order valence-corrected chi connectivity index (χ0v) is 11.3. The zero-order valence-electron chi connectivity index (χ0n) is 8.99. The van der Waals surface area contributed by atoms with Crippen molar-refractivity contribution in [2.24, 2.45) is 0 Å². The molecule has 18 heavy (non-hydrogen) atoms. The molecule has 0 unspecified atom stereocenters. The molecule has 2 rings (SSSR count). The van der Waals surface area contributed by atoms with Gasteiger partial charge in [-0.1, -0.05) is 40.9 Å². The van der Waals surface area contributed by atoms with Gasteiger partial charge in [-0.05, 0) is 36.4 Å². The summed E-state index contributed by atoms with van der Waals surface area (Å²) in [5, 5.41) is 1.09. The largest absolute Gasteiger partial charge is 0.421 e. The predicted octanol–water partition coefficient (Wildman–Crippen LogP) is 4.87. The number of benzene rings is 2. The highest BCUT2D eigenvalue weighted by molar-refractivity contribution is 6.43. The molecule has 0 aromatic heterocycles. The van der Waals surface area contributed by atoms with Crippen LogP contribution in [0.3, 0.4) is 0 Å². The maximum absolute atomic E-state index is 11.8. The van der Waals surface area contributed by atoms with Crippen molar-refractivity contribution in [3.05, 3.63) is 63.1 Å². The van der Waals surface area contributed by atoms with Gasteiger partial charge in [-0.2, -0.15) is 0 Å². The Morgan fingerprint density at radius 2 is 1.61 bits per heavy atom. The Hall–Kier alpha value is -1.22. The second kappa shape index (κ2) is 5.61. The molecule has 0 aliphatic heterocycles. The average molecular weight is 302 g/mol. The number of esters is 1. The number of carbonyl (C=O) groups excluding carboxylic acids is 1. The standard InChI is InChI=1S/C13H7Cl3O2/c14-9-6-4-8(5-7-9)13(17)18-11-3-1-2-10(15)12(11)16/h1-7H. The molecule has 0 aliphatic rings. The summed E-state index contributed by atoms with van der Waals surface area (Å²) >= 11 is 17.5. The molecule has 0 spiro atoms. The fourth-order valence-corrected chi connectivity index (χ4v) is 1.76. The normalized spacial score (nSPS) is 10.2. The van der Waals surface area contributed by atoms with E-state index >= 15 is 0 Å². The van der Waals surface area contributed by atoms with Crippen LogP contribution >= 0.6 is 34.8 Å². The summed E-state index contributed by atoms with van der Waals surface area (Å²) in [4.78, 5) is 11.8. The number of rotatable bonds is 2. The topological polar surface area (TPSA) is 26.3 Å². The first-order valence-electron chi connectivity index (χ1n) is 4.99. The molecule has 5 heteroatoms. The highest BCUT2D eigenvalue weighted by Gasteiger charge is 2.12. The monoisotopic (exact) mass is 300 g/mol. The van der Waals surface area contributed by atoms with E-state index in [4.69, 9.17) is 39.5 Å².